The molecule has 0 aliphatic heterocycles. The summed E-state index contributed by atoms with van der Waals surface area (Å²) in [7, 11) is 0. The molecule has 2 atom stereocenters. The summed E-state index contributed by atoms with van der Waals surface area (Å²) in [5, 5.41) is 20.0. The number of aliphatic imine (C=N–C) groups is 2. The van der Waals surface area contributed by atoms with Gasteiger partial charge in [0.05, 0.1) is 12.1 Å². The van der Waals surface area contributed by atoms with Gasteiger partial charge in [-0.15, -0.1) is 0 Å². The maximum absolute atomic E-state index is 10.0. The third kappa shape index (κ3) is 4.54. The van der Waals surface area contributed by atoms with Crippen molar-refractivity contribution >= 4 is 11.4 Å². The largest absolute Gasteiger partial charge is 0.507 e. The van der Waals surface area contributed by atoms with E-state index in [1.54, 1.807) is 12.1 Å². The fourth-order valence-electron chi connectivity index (χ4n) is 3.42. The maximum atomic E-state index is 10.0. The summed E-state index contributed by atoms with van der Waals surface area (Å²) in [5.74, 6) is 0.513. The van der Waals surface area contributed by atoms with Gasteiger partial charge in [0.2, 0.25) is 0 Å². The van der Waals surface area contributed by atoms with Crippen LogP contribution >= 0.6 is 0 Å². The molecule has 1 saturated carbocycles. The van der Waals surface area contributed by atoms with E-state index in [0.29, 0.717) is 0 Å². The second-order valence-electron chi connectivity index (χ2n) is 6.53. The van der Waals surface area contributed by atoms with Gasteiger partial charge in [-0.05, 0) is 57.4 Å². The number of aromatic hydroxyl groups is 2. The zero-order valence-electron chi connectivity index (χ0n) is 15.0. The summed E-state index contributed by atoms with van der Waals surface area (Å²) < 4.78 is 0. The first-order valence-electron chi connectivity index (χ1n) is 8.72. The molecule has 4 nitrogen and oxygen atoms in total. The molecule has 0 radical (unpaired) electrons. The fraction of sp³-hybridized carbons (Fsp3) is 0.333. The molecule has 26 heavy (non-hydrogen) atoms. The first-order valence-corrected chi connectivity index (χ1v) is 8.72. The normalized spacial score (nSPS) is 20.7. The third-order valence-electron chi connectivity index (χ3n) is 4.75. The SMILES string of the molecule is CC(=NC1CCCC1N=C(C)c1ccccc1O)c1ccccc1O.[Fe]. The smallest absolute Gasteiger partial charge is 0.124 e. The van der Waals surface area contributed by atoms with Crippen LogP contribution in [-0.4, -0.2) is 33.7 Å². The zero-order valence-corrected chi connectivity index (χ0v) is 16.1. The van der Waals surface area contributed by atoms with Crippen molar-refractivity contribution in [3.8, 4) is 11.5 Å². The van der Waals surface area contributed by atoms with Gasteiger partial charge in [-0.3, -0.25) is 9.98 Å². The van der Waals surface area contributed by atoms with Crippen molar-refractivity contribution in [2.75, 3.05) is 0 Å². The molecular formula is C21H24FeN2O2. The van der Waals surface area contributed by atoms with Crippen LogP contribution in [0.1, 0.15) is 44.2 Å². The molecule has 2 aromatic carbocycles. The standard InChI is InChI=1S/C21H24N2O2.Fe/c1-14(16-8-3-5-12-20(16)24)22-18-10-7-11-19(18)23-15(2)17-9-4-6-13-21(17)25;/h3-6,8-9,12-13,18-19,24-25H,7,10-11H2,1-2H3;. The Balaban J connectivity index is 0.00000243. The van der Waals surface area contributed by atoms with Gasteiger partial charge in [0.15, 0.2) is 0 Å². The molecule has 2 N–H and O–H groups in total. The van der Waals surface area contributed by atoms with Gasteiger partial charge in [0.1, 0.15) is 11.5 Å². The molecule has 5 heteroatoms. The molecule has 138 valence electrons. The van der Waals surface area contributed by atoms with E-state index in [4.69, 9.17) is 9.98 Å². The molecule has 0 bridgehead atoms. The number of hydrogen-bond donors (Lipinski definition) is 2. The van der Waals surface area contributed by atoms with E-state index in [-0.39, 0.29) is 40.7 Å². The van der Waals surface area contributed by atoms with Crippen molar-refractivity contribution in [2.45, 2.75) is 45.2 Å². The summed E-state index contributed by atoms with van der Waals surface area (Å²) in [4.78, 5) is 9.69. The molecule has 2 unspecified atom stereocenters. The second-order valence-corrected chi connectivity index (χ2v) is 6.53. The number of phenolic OH excluding ortho intramolecular Hbond substituents is 2. The van der Waals surface area contributed by atoms with Crippen LogP contribution in [0.5, 0.6) is 11.5 Å². The molecule has 0 amide bonds. The summed E-state index contributed by atoms with van der Waals surface area (Å²) in [5.41, 5.74) is 3.22. The number of rotatable bonds is 4. The van der Waals surface area contributed by atoms with Gasteiger partial charge in [-0.2, -0.15) is 0 Å². The van der Waals surface area contributed by atoms with Crippen LogP contribution in [0.15, 0.2) is 58.5 Å². The monoisotopic (exact) mass is 392 g/mol. The molecule has 1 fully saturated rings. The van der Waals surface area contributed by atoms with Crippen molar-refractivity contribution < 1.29 is 27.3 Å². The molecule has 0 spiro atoms. The van der Waals surface area contributed by atoms with Gasteiger partial charge in [-0.1, -0.05) is 24.3 Å². The van der Waals surface area contributed by atoms with Crippen molar-refractivity contribution in [2.24, 2.45) is 9.98 Å². The van der Waals surface area contributed by atoms with Gasteiger partial charge >= 0.3 is 0 Å². The van der Waals surface area contributed by atoms with E-state index >= 15 is 0 Å². The Morgan fingerprint density at radius 1 is 0.769 bits per heavy atom. The van der Waals surface area contributed by atoms with E-state index < -0.39 is 0 Å². The van der Waals surface area contributed by atoms with Crippen LogP contribution in [0.2, 0.25) is 0 Å². The van der Waals surface area contributed by atoms with Gasteiger partial charge in [0.25, 0.3) is 0 Å². The number of benzene rings is 2. The summed E-state index contributed by atoms with van der Waals surface area (Å²) in [6.45, 7) is 3.87. The Kier molecular flexibility index (Phi) is 7.01. The molecule has 0 heterocycles. The topological polar surface area (TPSA) is 65.2 Å². The Labute approximate surface area is 165 Å². The quantitative estimate of drug-likeness (QED) is 0.601. The molecule has 0 saturated heterocycles. The maximum Gasteiger partial charge on any atom is 0.124 e. The van der Waals surface area contributed by atoms with Crippen LogP contribution in [-0.2, 0) is 17.1 Å². The average Bonchev–Trinajstić information content (AvgIpc) is 3.02. The molecule has 0 aromatic heterocycles. The van der Waals surface area contributed by atoms with Crippen molar-refractivity contribution in [1.82, 2.24) is 0 Å². The predicted molar refractivity (Wildman–Crippen MR) is 102 cm³/mol. The predicted octanol–water partition coefficient (Wildman–Crippen LogP) is 4.33. The summed E-state index contributed by atoms with van der Waals surface area (Å²) >= 11 is 0. The summed E-state index contributed by atoms with van der Waals surface area (Å²) in [6.07, 6.45) is 3.07. The Morgan fingerprint density at radius 3 is 1.54 bits per heavy atom. The van der Waals surface area contributed by atoms with Crippen LogP contribution in [0.25, 0.3) is 0 Å². The molecule has 3 rings (SSSR count). The minimum atomic E-state index is 0. The minimum Gasteiger partial charge on any atom is -0.507 e. The van der Waals surface area contributed by atoms with Crippen molar-refractivity contribution in [1.29, 1.82) is 0 Å². The van der Waals surface area contributed by atoms with Gasteiger partial charge in [-0.25, -0.2) is 0 Å². The van der Waals surface area contributed by atoms with Crippen molar-refractivity contribution in [3.63, 3.8) is 0 Å². The van der Waals surface area contributed by atoms with E-state index in [0.717, 1.165) is 41.8 Å². The first-order chi connectivity index (χ1) is 12.1. The number of nitrogens with zero attached hydrogens (tertiary/aromatic N) is 2. The Hall–Kier alpha value is -2.10. The average molecular weight is 392 g/mol. The number of para-hydroxylation sites is 2. The van der Waals surface area contributed by atoms with E-state index in [2.05, 4.69) is 0 Å². The van der Waals surface area contributed by atoms with E-state index in [9.17, 15) is 10.2 Å². The molecular weight excluding hydrogens is 368 g/mol. The van der Waals surface area contributed by atoms with Crippen molar-refractivity contribution in [3.05, 3.63) is 59.7 Å². The summed E-state index contributed by atoms with van der Waals surface area (Å²) in [6, 6.07) is 14.8. The third-order valence-corrected chi connectivity index (χ3v) is 4.75. The zero-order chi connectivity index (χ0) is 17.8. The van der Waals surface area contributed by atoms with E-state index in [1.165, 1.54) is 0 Å². The second kappa shape index (κ2) is 9.02. The molecule has 1 aliphatic carbocycles. The van der Waals surface area contributed by atoms with Crippen LogP contribution in [0.3, 0.4) is 0 Å². The molecule has 1 aliphatic rings. The minimum absolute atomic E-state index is 0. The first kappa shape index (κ1) is 20.2. The van der Waals surface area contributed by atoms with Gasteiger partial charge < -0.3 is 10.2 Å². The van der Waals surface area contributed by atoms with Crippen LogP contribution in [0.4, 0.5) is 0 Å². The fourth-order valence-corrected chi connectivity index (χ4v) is 3.42. The Morgan fingerprint density at radius 2 is 1.15 bits per heavy atom. The van der Waals surface area contributed by atoms with Crippen LogP contribution < -0.4 is 0 Å². The number of phenols is 2. The van der Waals surface area contributed by atoms with Gasteiger partial charge in [0, 0.05) is 39.6 Å². The van der Waals surface area contributed by atoms with Crippen LogP contribution in [0, 0.1) is 0 Å². The number of hydrogen-bond acceptors (Lipinski definition) is 4. The van der Waals surface area contributed by atoms with E-state index in [1.807, 2.05) is 50.2 Å². The molecule has 2 aromatic rings. The Bertz CT molecular complexity index is 750.